The van der Waals surface area contributed by atoms with E-state index in [0.29, 0.717) is 45.1 Å². The lowest BCUT2D eigenvalue weighted by Crippen LogP contribution is -2.40. The number of likely N-dealkylation sites (tertiary alicyclic amines) is 1. The molecule has 2 heterocycles. The second-order valence-electron chi connectivity index (χ2n) is 8.34. The van der Waals surface area contributed by atoms with Gasteiger partial charge in [0.25, 0.3) is 0 Å². The zero-order valence-electron chi connectivity index (χ0n) is 17.5. The van der Waals surface area contributed by atoms with Crippen molar-refractivity contribution in [3.63, 3.8) is 0 Å². The Morgan fingerprint density at radius 3 is 2.48 bits per heavy atom. The van der Waals surface area contributed by atoms with Crippen LogP contribution in [0, 0.1) is 0 Å². The number of nitrogens with zero attached hydrogens (tertiary/aromatic N) is 2. The monoisotopic (exact) mass is 426 g/mol. The average Bonchev–Trinajstić information content (AvgIpc) is 3.17. The van der Waals surface area contributed by atoms with Crippen LogP contribution in [0.2, 0.25) is 0 Å². The highest BCUT2D eigenvalue weighted by Crippen LogP contribution is 2.34. The summed E-state index contributed by atoms with van der Waals surface area (Å²) in [5.41, 5.74) is 0.331. The highest BCUT2D eigenvalue weighted by atomic mass is 32.2. The van der Waals surface area contributed by atoms with Crippen molar-refractivity contribution in [3.8, 4) is 5.75 Å². The first-order chi connectivity index (χ1) is 13.6. The van der Waals surface area contributed by atoms with E-state index in [4.69, 9.17) is 14.2 Å². The van der Waals surface area contributed by atoms with E-state index in [2.05, 4.69) is 0 Å². The highest BCUT2D eigenvalue weighted by molar-refractivity contribution is 7.89. The molecule has 0 aliphatic carbocycles. The molecule has 0 bridgehead atoms. The lowest BCUT2D eigenvalue weighted by Gasteiger charge is -2.27. The van der Waals surface area contributed by atoms with Gasteiger partial charge in [0.2, 0.25) is 10.0 Å². The third-order valence-electron chi connectivity index (χ3n) is 5.09. The van der Waals surface area contributed by atoms with Gasteiger partial charge in [-0.1, -0.05) is 6.07 Å². The van der Waals surface area contributed by atoms with Gasteiger partial charge in [-0.05, 0) is 44.9 Å². The quantitative estimate of drug-likeness (QED) is 0.735. The number of methoxy groups -OCH3 is 1. The van der Waals surface area contributed by atoms with Gasteiger partial charge in [0.05, 0.1) is 20.3 Å². The number of carbonyl (C=O) groups excluding carboxylic acids is 1. The van der Waals surface area contributed by atoms with Crippen LogP contribution in [0.15, 0.2) is 23.1 Å². The van der Waals surface area contributed by atoms with Gasteiger partial charge >= 0.3 is 6.09 Å². The number of sulfonamides is 1. The molecule has 0 saturated carbocycles. The number of hydrogen-bond donors (Lipinski definition) is 0. The number of carbonyl (C=O) groups is 1. The molecule has 0 N–H and O–H groups in total. The highest BCUT2D eigenvalue weighted by Gasteiger charge is 2.33. The number of amides is 1. The van der Waals surface area contributed by atoms with E-state index in [-0.39, 0.29) is 16.9 Å². The van der Waals surface area contributed by atoms with Crippen LogP contribution in [0.4, 0.5) is 4.79 Å². The Morgan fingerprint density at radius 1 is 1.17 bits per heavy atom. The largest absolute Gasteiger partial charge is 0.495 e. The van der Waals surface area contributed by atoms with E-state index in [1.54, 1.807) is 17.0 Å². The molecule has 0 spiro atoms. The molecule has 2 aliphatic rings. The van der Waals surface area contributed by atoms with Crippen molar-refractivity contribution in [1.82, 2.24) is 9.21 Å². The molecule has 2 aliphatic heterocycles. The SMILES string of the molecule is COc1ccc(C2CCN(C(=O)OC(C)(C)C)C2)cc1S(=O)(=O)N1CCOCC1. The third-order valence-corrected chi connectivity index (χ3v) is 7.01. The molecule has 162 valence electrons. The molecule has 1 atom stereocenters. The molecule has 8 nitrogen and oxygen atoms in total. The number of morpholine rings is 1. The topological polar surface area (TPSA) is 85.4 Å². The van der Waals surface area contributed by atoms with Gasteiger partial charge in [0.1, 0.15) is 16.2 Å². The summed E-state index contributed by atoms with van der Waals surface area (Å²) in [5.74, 6) is 0.370. The van der Waals surface area contributed by atoms with Crippen molar-refractivity contribution in [2.45, 2.75) is 43.6 Å². The van der Waals surface area contributed by atoms with Gasteiger partial charge in [0, 0.05) is 32.1 Å². The van der Waals surface area contributed by atoms with Gasteiger partial charge in [0.15, 0.2) is 0 Å². The summed E-state index contributed by atoms with van der Waals surface area (Å²) in [7, 11) is -2.22. The Kier molecular flexibility index (Phi) is 6.40. The van der Waals surface area contributed by atoms with E-state index in [1.165, 1.54) is 11.4 Å². The van der Waals surface area contributed by atoms with Crippen molar-refractivity contribution >= 4 is 16.1 Å². The average molecular weight is 427 g/mol. The number of hydrogen-bond acceptors (Lipinski definition) is 6. The smallest absolute Gasteiger partial charge is 0.410 e. The maximum atomic E-state index is 13.2. The molecular weight excluding hydrogens is 396 g/mol. The Bertz CT molecular complexity index is 843. The first-order valence-electron chi connectivity index (χ1n) is 9.85. The Labute approximate surface area is 172 Å². The van der Waals surface area contributed by atoms with Crippen LogP contribution in [0.1, 0.15) is 38.7 Å². The normalized spacial score (nSPS) is 21.2. The summed E-state index contributed by atoms with van der Waals surface area (Å²) >= 11 is 0. The minimum absolute atomic E-state index is 0.0482. The molecule has 1 aromatic carbocycles. The number of benzene rings is 1. The minimum atomic E-state index is -3.69. The fourth-order valence-electron chi connectivity index (χ4n) is 3.60. The van der Waals surface area contributed by atoms with Gasteiger partial charge in [-0.2, -0.15) is 4.31 Å². The van der Waals surface area contributed by atoms with Gasteiger partial charge in [-0.3, -0.25) is 0 Å². The van der Waals surface area contributed by atoms with Crippen LogP contribution in [-0.4, -0.2) is 75.8 Å². The second-order valence-corrected chi connectivity index (χ2v) is 10.2. The summed E-state index contributed by atoms with van der Waals surface area (Å²) in [5, 5.41) is 0. The van der Waals surface area contributed by atoms with Crippen LogP contribution in [0.3, 0.4) is 0 Å². The first kappa shape index (κ1) is 21.9. The van der Waals surface area contributed by atoms with Crippen LogP contribution in [-0.2, 0) is 19.5 Å². The molecular formula is C20H30N2O6S. The zero-order chi connectivity index (χ0) is 21.2. The maximum Gasteiger partial charge on any atom is 0.410 e. The number of ether oxygens (including phenoxy) is 3. The van der Waals surface area contributed by atoms with E-state index in [0.717, 1.165) is 12.0 Å². The fraction of sp³-hybridized carbons (Fsp3) is 0.650. The van der Waals surface area contributed by atoms with Crippen molar-refractivity contribution in [2.75, 3.05) is 46.5 Å². The summed E-state index contributed by atoms with van der Waals surface area (Å²) in [6.45, 7) is 8.01. The van der Waals surface area contributed by atoms with Gasteiger partial charge in [-0.15, -0.1) is 0 Å². The third kappa shape index (κ3) is 5.02. The summed E-state index contributed by atoms with van der Waals surface area (Å²) in [6, 6.07) is 5.26. The molecule has 1 amide bonds. The van der Waals surface area contributed by atoms with Crippen molar-refractivity contribution in [3.05, 3.63) is 23.8 Å². The Hall–Kier alpha value is -1.84. The molecule has 9 heteroatoms. The van der Waals surface area contributed by atoms with Gasteiger partial charge in [-0.25, -0.2) is 13.2 Å². The van der Waals surface area contributed by atoms with E-state index in [9.17, 15) is 13.2 Å². The van der Waals surface area contributed by atoms with Crippen LogP contribution < -0.4 is 4.74 Å². The Morgan fingerprint density at radius 2 is 1.86 bits per heavy atom. The molecule has 1 unspecified atom stereocenters. The standard InChI is InChI=1S/C20H30N2O6S/c1-20(2,3)28-19(23)21-8-7-16(14-21)15-5-6-17(26-4)18(13-15)29(24,25)22-9-11-27-12-10-22/h5-6,13,16H,7-12,14H2,1-4H3. The second kappa shape index (κ2) is 8.49. The minimum Gasteiger partial charge on any atom is -0.495 e. The Balaban J connectivity index is 1.81. The molecule has 29 heavy (non-hydrogen) atoms. The predicted octanol–water partition coefficient (Wildman–Crippen LogP) is 2.44. The van der Waals surface area contributed by atoms with Crippen LogP contribution in [0.5, 0.6) is 5.75 Å². The van der Waals surface area contributed by atoms with E-state index in [1.807, 2.05) is 26.8 Å². The van der Waals surface area contributed by atoms with Crippen molar-refractivity contribution in [2.24, 2.45) is 0 Å². The summed E-state index contributed by atoms with van der Waals surface area (Å²) in [4.78, 5) is 14.2. The zero-order valence-corrected chi connectivity index (χ0v) is 18.3. The summed E-state index contributed by atoms with van der Waals surface area (Å²) in [6.07, 6.45) is 0.414. The van der Waals surface area contributed by atoms with E-state index < -0.39 is 15.6 Å². The first-order valence-corrected chi connectivity index (χ1v) is 11.3. The van der Waals surface area contributed by atoms with Crippen LogP contribution >= 0.6 is 0 Å². The molecule has 0 aromatic heterocycles. The molecule has 1 aromatic rings. The number of rotatable bonds is 4. The molecule has 2 fully saturated rings. The lowest BCUT2D eigenvalue weighted by atomic mass is 9.98. The van der Waals surface area contributed by atoms with Gasteiger partial charge < -0.3 is 19.1 Å². The maximum absolute atomic E-state index is 13.2. The van der Waals surface area contributed by atoms with Crippen molar-refractivity contribution < 1.29 is 27.4 Å². The lowest BCUT2D eigenvalue weighted by molar-refractivity contribution is 0.0292. The van der Waals surface area contributed by atoms with Crippen LogP contribution in [0.25, 0.3) is 0 Å². The summed E-state index contributed by atoms with van der Waals surface area (Å²) < 4.78 is 43.8. The molecule has 2 saturated heterocycles. The van der Waals surface area contributed by atoms with E-state index >= 15 is 0 Å². The predicted molar refractivity (Wildman–Crippen MR) is 108 cm³/mol. The fourth-order valence-corrected chi connectivity index (χ4v) is 5.20. The molecule has 0 radical (unpaired) electrons. The molecule has 3 rings (SSSR count). The van der Waals surface area contributed by atoms with Crippen molar-refractivity contribution in [1.29, 1.82) is 0 Å².